The second-order valence-corrected chi connectivity index (χ2v) is 14.7. The van der Waals surface area contributed by atoms with Crippen LogP contribution in [-0.2, 0) is 27.4 Å². The van der Waals surface area contributed by atoms with Gasteiger partial charge in [0.05, 0.1) is 24.8 Å². The average molecular weight is 638 g/mol. The molecule has 4 aromatic heterocycles. The highest BCUT2D eigenvalue weighted by Crippen LogP contribution is 2.68. The number of anilines is 1. The lowest BCUT2D eigenvalue weighted by Crippen LogP contribution is -2.60. The normalized spacial score (nSPS) is 32.0. The molecule has 4 aromatic rings. The Balaban J connectivity index is 1.07. The van der Waals surface area contributed by atoms with Gasteiger partial charge < -0.3 is 15.0 Å². The monoisotopic (exact) mass is 637 g/mol. The van der Waals surface area contributed by atoms with Gasteiger partial charge in [0.1, 0.15) is 36.0 Å². The molecule has 3 aliphatic rings. The largest absolute Gasteiger partial charge is 0.460 e. The van der Waals surface area contributed by atoms with Crippen molar-refractivity contribution in [2.24, 2.45) is 34.0 Å². The molecule has 7 atom stereocenters. The number of imidazole rings is 1. The Morgan fingerprint density at radius 3 is 2.72 bits per heavy atom. The van der Waals surface area contributed by atoms with Crippen LogP contribution in [0.3, 0.4) is 0 Å². The number of nitrogen functional groups attached to an aromatic ring is 1. The minimum absolute atomic E-state index is 0.0486. The molecular formula is C35H43N9O3. The van der Waals surface area contributed by atoms with E-state index in [9.17, 15) is 9.59 Å². The summed E-state index contributed by atoms with van der Waals surface area (Å²) in [5.74, 6) is 0.823. The molecule has 47 heavy (non-hydrogen) atoms. The van der Waals surface area contributed by atoms with Crippen LogP contribution in [0.1, 0.15) is 71.9 Å². The van der Waals surface area contributed by atoms with Crippen LogP contribution >= 0.6 is 0 Å². The van der Waals surface area contributed by atoms with Crippen molar-refractivity contribution in [3.05, 3.63) is 55.5 Å². The average Bonchev–Trinajstić information content (AvgIpc) is 3.77. The highest BCUT2D eigenvalue weighted by molar-refractivity contribution is 5.85. The number of rotatable bonds is 7. The number of fused-ring (bicyclic) bond motifs is 1. The first-order valence-corrected chi connectivity index (χ1v) is 16.6. The van der Waals surface area contributed by atoms with Crippen LogP contribution < -0.4 is 5.73 Å². The summed E-state index contributed by atoms with van der Waals surface area (Å²) in [5, 5.41) is 8.53. The van der Waals surface area contributed by atoms with Gasteiger partial charge in [0.25, 0.3) is 0 Å². The van der Waals surface area contributed by atoms with Crippen molar-refractivity contribution in [1.29, 1.82) is 0 Å². The molecule has 3 aliphatic carbocycles. The number of hydrogen-bond donors (Lipinski definition) is 1. The van der Waals surface area contributed by atoms with Crippen LogP contribution in [0.2, 0.25) is 0 Å². The first kappa shape index (κ1) is 31.1. The Morgan fingerprint density at radius 2 is 1.96 bits per heavy atom. The van der Waals surface area contributed by atoms with Gasteiger partial charge in [0.15, 0.2) is 11.5 Å². The molecule has 0 saturated heterocycles. The quantitative estimate of drug-likeness (QED) is 0.215. The van der Waals surface area contributed by atoms with E-state index in [0.29, 0.717) is 53.8 Å². The maximum Gasteiger partial charge on any atom is 0.328 e. The Morgan fingerprint density at radius 1 is 1.13 bits per heavy atom. The highest BCUT2D eigenvalue weighted by Gasteiger charge is 2.66. The predicted octanol–water partition coefficient (Wildman–Crippen LogP) is 5.05. The minimum atomic E-state index is -0.454. The molecule has 4 heterocycles. The zero-order valence-corrected chi connectivity index (χ0v) is 27.6. The number of ether oxygens (including phenoxy) is 1. The molecule has 2 N–H and O–H groups in total. The minimum Gasteiger partial charge on any atom is -0.460 e. The van der Waals surface area contributed by atoms with Gasteiger partial charge in [-0.3, -0.25) is 14.6 Å². The Kier molecular flexibility index (Phi) is 7.52. The number of carbonyl (C=O) groups excluding carboxylic acids is 2. The lowest BCUT2D eigenvalue weighted by atomic mass is 9.44. The number of pyridine rings is 1. The van der Waals surface area contributed by atoms with Crippen LogP contribution in [0.25, 0.3) is 22.4 Å². The zero-order valence-electron chi connectivity index (χ0n) is 27.6. The number of ketones is 1. The lowest BCUT2D eigenvalue weighted by Gasteiger charge is -2.60. The molecule has 7 rings (SSSR count). The standard InChI is InChI=1S/C35H43N9O3/c1-6-33(4)13-22(3)35-11-9-21(2)34(5,30(35)26(45)10-12-35)27(14-33)47-28(46)18-44-17-25(41-42-44)23-7-8-24(37-15-23)16-43-20-40-29-31(36)38-19-39-32(29)43/h6-8,15,17,19-22,27,30H,1,9-14,16,18H2,2-5H3,(H2,36,38,39)/t21?,22-,27+,30-,33-,34-,35-/m0/s1. The summed E-state index contributed by atoms with van der Waals surface area (Å²) in [6, 6.07) is 3.82. The summed E-state index contributed by atoms with van der Waals surface area (Å²) < 4.78 is 9.80. The summed E-state index contributed by atoms with van der Waals surface area (Å²) in [6.45, 7) is 13.6. The summed E-state index contributed by atoms with van der Waals surface area (Å²) in [7, 11) is 0. The smallest absolute Gasteiger partial charge is 0.328 e. The van der Waals surface area contributed by atoms with Crippen molar-refractivity contribution in [2.75, 3.05) is 5.73 Å². The van der Waals surface area contributed by atoms with Crippen molar-refractivity contribution < 1.29 is 14.3 Å². The first-order valence-electron chi connectivity index (χ1n) is 16.6. The van der Waals surface area contributed by atoms with Gasteiger partial charge in [0.2, 0.25) is 0 Å². The predicted molar refractivity (Wildman–Crippen MR) is 175 cm³/mol. The first-order chi connectivity index (χ1) is 22.5. The maximum absolute atomic E-state index is 13.6. The summed E-state index contributed by atoms with van der Waals surface area (Å²) >= 11 is 0. The van der Waals surface area contributed by atoms with Gasteiger partial charge in [-0.15, -0.1) is 11.7 Å². The van der Waals surface area contributed by atoms with Gasteiger partial charge in [-0.2, -0.15) is 0 Å². The van der Waals surface area contributed by atoms with Crippen molar-refractivity contribution in [3.63, 3.8) is 0 Å². The molecule has 3 fully saturated rings. The number of Topliss-reactive ketones (excluding diaryl/α,β-unsaturated/α-hetero) is 1. The Bertz CT molecular complexity index is 1850. The molecule has 0 aromatic carbocycles. The van der Waals surface area contributed by atoms with Crippen LogP contribution in [-0.4, -0.2) is 57.4 Å². The van der Waals surface area contributed by atoms with Gasteiger partial charge in [0, 0.05) is 29.5 Å². The third-order valence-electron chi connectivity index (χ3n) is 12.0. The zero-order chi connectivity index (χ0) is 33.1. The Labute approximate surface area is 274 Å². The molecule has 12 nitrogen and oxygen atoms in total. The second-order valence-electron chi connectivity index (χ2n) is 14.7. The van der Waals surface area contributed by atoms with E-state index in [0.717, 1.165) is 36.9 Å². The van der Waals surface area contributed by atoms with Crippen molar-refractivity contribution in [1.82, 2.24) is 39.5 Å². The fourth-order valence-corrected chi connectivity index (χ4v) is 9.22. The third kappa shape index (κ3) is 5.12. The van der Waals surface area contributed by atoms with Crippen molar-refractivity contribution in [3.8, 4) is 11.3 Å². The van der Waals surface area contributed by atoms with Gasteiger partial charge >= 0.3 is 5.97 Å². The van der Waals surface area contributed by atoms with Crippen LogP contribution in [0.15, 0.2) is 49.8 Å². The third-order valence-corrected chi connectivity index (χ3v) is 12.0. The fraction of sp³-hybridized carbons (Fsp3) is 0.543. The molecule has 0 spiro atoms. The number of carbonyl (C=O) groups is 2. The van der Waals surface area contributed by atoms with Crippen LogP contribution in [0.4, 0.5) is 5.82 Å². The van der Waals surface area contributed by atoms with E-state index < -0.39 is 11.5 Å². The van der Waals surface area contributed by atoms with Crippen molar-refractivity contribution in [2.45, 2.75) is 85.4 Å². The number of allylic oxidation sites excluding steroid dienone is 1. The van der Waals surface area contributed by atoms with E-state index >= 15 is 0 Å². The number of nitrogens with zero attached hydrogens (tertiary/aromatic N) is 8. The topological polar surface area (TPSA) is 157 Å². The fourth-order valence-electron chi connectivity index (χ4n) is 9.22. The van der Waals surface area contributed by atoms with Crippen LogP contribution in [0, 0.1) is 34.0 Å². The number of hydrogen-bond acceptors (Lipinski definition) is 10. The van der Waals surface area contributed by atoms with E-state index in [-0.39, 0.29) is 35.2 Å². The maximum atomic E-state index is 13.6. The summed E-state index contributed by atoms with van der Waals surface area (Å²) in [6.07, 6.45) is 13.4. The molecule has 0 aliphatic heterocycles. The van der Waals surface area contributed by atoms with E-state index in [1.807, 2.05) is 22.8 Å². The molecule has 246 valence electrons. The number of esters is 1. The number of nitrogens with two attached hydrogens (primary N) is 1. The molecule has 0 radical (unpaired) electrons. The Hall–Kier alpha value is -4.48. The van der Waals surface area contributed by atoms with E-state index in [4.69, 9.17) is 10.5 Å². The molecular weight excluding hydrogens is 594 g/mol. The molecule has 0 amide bonds. The highest BCUT2D eigenvalue weighted by atomic mass is 16.5. The van der Waals surface area contributed by atoms with Crippen LogP contribution in [0.5, 0.6) is 0 Å². The van der Waals surface area contributed by atoms with E-state index in [1.54, 1.807) is 18.7 Å². The SMILES string of the molecule is C=C[C@@]1(C)C[C@H](C)[C@]23CCC(=O)[C@H]2[C@@](C)(C(C)CC3)[C@H](OC(=O)Cn2cc(-c3ccc(Cn4cnc5c(N)ncnc54)nc3)nn2)C1. The van der Waals surface area contributed by atoms with Crippen molar-refractivity contribution >= 4 is 28.7 Å². The van der Waals surface area contributed by atoms with Gasteiger partial charge in [-0.05, 0) is 66.9 Å². The summed E-state index contributed by atoms with van der Waals surface area (Å²) in [4.78, 5) is 44.4. The molecule has 12 heteroatoms. The van der Waals surface area contributed by atoms with Gasteiger partial charge in [-0.25, -0.2) is 19.6 Å². The molecule has 2 bridgehead atoms. The molecule has 3 saturated carbocycles. The number of aromatic nitrogens is 8. The van der Waals surface area contributed by atoms with Gasteiger partial charge in [-0.1, -0.05) is 39.0 Å². The van der Waals surface area contributed by atoms with E-state index in [2.05, 4.69) is 64.5 Å². The van der Waals surface area contributed by atoms with E-state index in [1.165, 1.54) is 11.0 Å². The lowest BCUT2D eigenvalue weighted by molar-refractivity contribution is -0.192. The second kappa shape index (κ2) is 11.3. The molecule has 1 unspecified atom stereocenters. The summed E-state index contributed by atoms with van der Waals surface area (Å²) in [5.41, 5.74) is 8.56.